The minimum absolute atomic E-state index is 1.06. The van der Waals surface area contributed by atoms with E-state index in [2.05, 4.69) is 16.3 Å². The first kappa shape index (κ1) is 4.44. The number of aromatic amines is 1. The van der Waals surface area contributed by atoms with Crippen LogP contribution >= 0.6 is 11.8 Å². The molecule has 2 heterocycles. The number of aromatic nitrogens is 2. The molecule has 0 spiro atoms. The van der Waals surface area contributed by atoms with E-state index in [0.29, 0.717) is 0 Å². The van der Waals surface area contributed by atoms with E-state index in [0.717, 1.165) is 11.5 Å². The molecule has 0 amide bonds. The number of hydrogen-bond acceptors (Lipinski definition) is 2. The zero-order chi connectivity index (χ0) is 5.40. The molecule has 1 aromatic heterocycles. The fourth-order valence-electron chi connectivity index (χ4n) is 0.791. The van der Waals surface area contributed by atoms with Gasteiger partial charge in [0.2, 0.25) is 0 Å². The van der Waals surface area contributed by atoms with Gasteiger partial charge in [-0.2, -0.15) is 0 Å². The van der Waals surface area contributed by atoms with Gasteiger partial charge in [-0.3, -0.25) is 0 Å². The van der Waals surface area contributed by atoms with Crippen molar-refractivity contribution in [3.8, 4) is 0 Å². The Balaban J connectivity index is 2.54. The van der Waals surface area contributed by atoms with Crippen molar-refractivity contribution in [2.45, 2.75) is 11.5 Å². The van der Waals surface area contributed by atoms with Crippen LogP contribution in [0.5, 0.6) is 0 Å². The first-order valence-electron chi connectivity index (χ1n) is 2.48. The second-order valence-electron chi connectivity index (χ2n) is 1.77. The maximum absolute atomic E-state index is 4.00. The highest BCUT2D eigenvalue weighted by Crippen LogP contribution is 2.25. The van der Waals surface area contributed by atoms with Gasteiger partial charge in [0, 0.05) is 17.2 Å². The van der Waals surface area contributed by atoms with Crippen molar-refractivity contribution < 1.29 is 0 Å². The average molecular weight is 125 g/mol. The third kappa shape index (κ3) is 0.478. The molecule has 0 bridgehead atoms. The molecular formula is C5H5N2S. The van der Waals surface area contributed by atoms with Crippen molar-refractivity contribution in [2.75, 3.05) is 0 Å². The van der Waals surface area contributed by atoms with Gasteiger partial charge in [-0.05, 0) is 0 Å². The number of hydrogen-bond donors (Lipinski definition) is 1. The number of rotatable bonds is 0. The van der Waals surface area contributed by atoms with Gasteiger partial charge in [-0.1, -0.05) is 0 Å². The number of imidazole rings is 1. The highest BCUT2D eigenvalue weighted by molar-refractivity contribution is 7.98. The summed E-state index contributed by atoms with van der Waals surface area (Å²) in [6, 6.07) is 0. The van der Waals surface area contributed by atoms with E-state index in [9.17, 15) is 0 Å². The molecule has 3 heteroatoms. The molecule has 1 aliphatic heterocycles. The van der Waals surface area contributed by atoms with Crippen LogP contribution in [0.3, 0.4) is 0 Å². The molecular weight excluding hydrogens is 120 g/mol. The summed E-state index contributed by atoms with van der Waals surface area (Å²) in [5.41, 5.74) is 2.45. The Kier molecular flexibility index (Phi) is 0.842. The van der Waals surface area contributed by atoms with Gasteiger partial charge in [0.1, 0.15) is 0 Å². The van der Waals surface area contributed by atoms with Crippen LogP contribution < -0.4 is 0 Å². The SMILES string of the molecule is [c]1nc2c([nH]1)CSC2. The molecule has 0 atom stereocenters. The predicted octanol–water partition coefficient (Wildman–Crippen LogP) is 0.957. The van der Waals surface area contributed by atoms with Crippen molar-refractivity contribution in [3.63, 3.8) is 0 Å². The standard InChI is InChI=1S/C5H5N2S/c1-4-5(2-8-1)7-3-6-4/h1-2H2,(H,6,7). The van der Waals surface area contributed by atoms with E-state index in [-0.39, 0.29) is 0 Å². The Hall–Kier alpha value is -0.440. The van der Waals surface area contributed by atoms with Gasteiger partial charge in [0.05, 0.1) is 5.69 Å². The molecule has 0 aromatic carbocycles. The fraction of sp³-hybridized carbons (Fsp3) is 0.400. The molecule has 0 fully saturated rings. The molecule has 0 unspecified atom stereocenters. The van der Waals surface area contributed by atoms with Crippen LogP contribution in [0.2, 0.25) is 0 Å². The Bertz CT molecular complexity index is 176. The number of nitrogens with zero attached hydrogens (tertiary/aromatic N) is 1. The molecule has 0 saturated carbocycles. The first-order chi connectivity index (χ1) is 3.97. The van der Waals surface area contributed by atoms with Crippen molar-refractivity contribution in [1.29, 1.82) is 0 Å². The highest BCUT2D eigenvalue weighted by Gasteiger charge is 2.11. The third-order valence-electron chi connectivity index (χ3n) is 1.23. The van der Waals surface area contributed by atoms with E-state index < -0.39 is 0 Å². The van der Waals surface area contributed by atoms with Crippen LogP contribution in [-0.4, -0.2) is 9.97 Å². The quantitative estimate of drug-likeness (QED) is 0.559. The fourth-order valence-corrected chi connectivity index (χ4v) is 1.77. The van der Waals surface area contributed by atoms with Crippen LogP contribution in [0, 0.1) is 6.33 Å². The van der Waals surface area contributed by atoms with E-state index in [1.54, 1.807) is 0 Å². The summed E-state index contributed by atoms with van der Waals surface area (Å²) in [6.07, 6.45) is 2.71. The van der Waals surface area contributed by atoms with Crippen LogP contribution in [-0.2, 0) is 11.5 Å². The Morgan fingerprint density at radius 3 is 3.50 bits per heavy atom. The number of fused-ring (bicyclic) bond motifs is 1. The summed E-state index contributed by atoms with van der Waals surface area (Å²) in [4.78, 5) is 6.96. The maximum Gasteiger partial charge on any atom is 0.174 e. The molecule has 1 aromatic rings. The molecule has 8 heavy (non-hydrogen) atoms. The average Bonchev–Trinajstić information content (AvgIpc) is 2.15. The number of H-pyrrole nitrogens is 1. The van der Waals surface area contributed by atoms with E-state index in [1.165, 1.54) is 11.4 Å². The summed E-state index contributed by atoms with van der Waals surface area (Å²) in [5, 5.41) is 0. The van der Waals surface area contributed by atoms with Gasteiger partial charge in [-0.15, -0.1) is 11.8 Å². The van der Waals surface area contributed by atoms with Gasteiger partial charge < -0.3 is 4.98 Å². The molecule has 2 nitrogen and oxygen atoms in total. The lowest BCUT2D eigenvalue weighted by molar-refractivity contribution is 1.22. The second kappa shape index (κ2) is 1.52. The smallest absolute Gasteiger partial charge is 0.174 e. The van der Waals surface area contributed by atoms with Crippen molar-refractivity contribution in [2.24, 2.45) is 0 Å². The molecule has 0 saturated heterocycles. The van der Waals surface area contributed by atoms with Crippen LogP contribution in [0.4, 0.5) is 0 Å². The Labute approximate surface area is 51.7 Å². The zero-order valence-corrected chi connectivity index (χ0v) is 5.09. The summed E-state index contributed by atoms with van der Waals surface area (Å²) < 4.78 is 0. The normalized spacial score (nSPS) is 16.5. The highest BCUT2D eigenvalue weighted by atomic mass is 32.2. The van der Waals surface area contributed by atoms with Crippen LogP contribution in [0.1, 0.15) is 11.4 Å². The minimum Gasteiger partial charge on any atom is -0.338 e. The largest absolute Gasteiger partial charge is 0.338 e. The van der Waals surface area contributed by atoms with Gasteiger partial charge in [0.25, 0.3) is 0 Å². The Morgan fingerprint density at radius 1 is 1.62 bits per heavy atom. The van der Waals surface area contributed by atoms with Crippen molar-refractivity contribution in [3.05, 3.63) is 17.7 Å². The van der Waals surface area contributed by atoms with E-state index in [4.69, 9.17) is 0 Å². The zero-order valence-electron chi connectivity index (χ0n) is 4.27. The van der Waals surface area contributed by atoms with Gasteiger partial charge in [-0.25, -0.2) is 4.98 Å². The number of nitrogens with one attached hydrogen (secondary N) is 1. The van der Waals surface area contributed by atoms with Crippen molar-refractivity contribution in [1.82, 2.24) is 9.97 Å². The molecule has 1 N–H and O–H groups in total. The summed E-state index contributed by atoms with van der Waals surface area (Å²) >= 11 is 1.90. The molecule has 41 valence electrons. The van der Waals surface area contributed by atoms with Crippen LogP contribution in [0.15, 0.2) is 0 Å². The monoisotopic (exact) mass is 125 g/mol. The van der Waals surface area contributed by atoms with E-state index >= 15 is 0 Å². The molecule has 1 aliphatic rings. The summed E-state index contributed by atoms with van der Waals surface area (Å²) in [7, 11) is 0. The Morgan fingerprint density at radius 2 is 2.62 bits per heavy atom. The maximum atomic E-state index is 4.00. The summed E-state index contributed by atoms with van der Waals surface area (Å²) in [6.45, 7) is 0. The topological polar surface area (TPSA) is 28.7 Å². The van der Waals surface area contributed by atoms with Crippen molar-refractivity contribution >= 4 is 11.8 Å². The second-order valence-corrected chi connectivity index (χ2v) is 2.75. The first-order valence-corrected chi connectivity index (χ1v) is 3.64. The molecule has 1 radical (unpaired) electrons. The summed E-state index contributed by atoms with van der Waals surface area (Å²) in [5.74, 6) is 2.15. The predicted molar refractivity (Wildman–Crippen MR) is 32.4 cm³/mol. The lowest BCUT2D eigenvalue weighted by Crippen LogP contribution is -1.74. The number of thioether (sulfide) groups is 1. The van der Waals surface area contributed by atoms with Gasteiger partial charge >= 0.3 is 0 Å². The minimum atomic E-state index is 1.06. The lowest BCUT2D eigenvalue weighted by atomic mass is 10.4. The lowest BCUT2D eigenvalue weighted by Gasteiger charge is -1.77. The van der Waals surface area contributed by atoms with Crippen LogP contribution in [0.25, 0.3) is 0 Å². The van der Waals surface area contributed by atoms with Gasteiger partial charge in [0.15, 0.2) is 6.33 Å². The third-order valence-corrected chi connectivity index (χ3v) is 2.20. The molecule has 0 aliphatic carbocycles. The molecule has 2 rings (SSSR count). The van der Waals surface area contributed by atoms with E-state index in [1.807, 2.05) is 11.8 Å².